The Kier molecular flexibility index (Phi) is 6.69. The van der Waals surface area contributed by atoms with Crippen LogP contribution in [-0.4, -0.2) is 25.0 Å². The number of nitrogens with one attached hydrogen (secondary N) is 1. The van der Waals surface area contributed by atoms with E-state index in [1.807, 2.05) is 24.3 Å². The summed E-state index contributed by atoms with van der Waals surface area (Å²) in [6.45, 7) is 2.06. The van der Waals surface area contributed by atoms with Gasteiger partial charge in [0.1, 0.15) is 5.75 Å². The van der Waals surface area contributed by atoms with Gasteiger partial charge in [-0.1, -0.05) is 29.8 Å². The van der Waals surface area contributed by atoms with Crippen molar-refractivity contribution in [2.45, 2.75) is 18.2 Å². The van der Waals surface area contributed by atoms with Crippen molar-refractivity contribution in [3.05, 3.63) is 59.7 Å². The first-order valence-corrected chi connectivity index (χ1v) is 8.32. The molecule has 0 saturated heterocycles. The third kappa shape index (κ3) is 5.79. The largest absolute Gasteiger partial charge is 0.496 e. The minimum absolute atomic E-state index is 0.101. The number of carbonyl (C=O) groups excluding carboxylic acids is 1. The summed E-state index contributed by atoms with van der Waals surface area (Å²) < 4.78 is 5.22. The van der Waals surface area contributed by atoms with Crippen LogP contribution >= 0.6 is 11.8 Å². The van der Waals surface area contributed by atoms with Crippen LogP contribution < -0.4 is 10.2 Å². The van der Waals surface area contributed by atoms with Crippen molar-refractivity contribution in [3.8, 4) is 5.75 Å². The average molecular weight is 328 g/mol. The van der Waals surface area contributed by atoms with Gasteiger partial charge in [0.25, 0.3) is 0 Å². The highest BCUT2D eigenvalue weighted by atomic mass is 32.2. The van der Waals surface area contributed by atoms with Gasteiger partial charge < -0.3 is 4.74 Å². The maximum atomic E-state index is 11.8. The van der Waals surface area contributed by atoms with E-state index in [9.17, 15) is 4.79 Å². The van der Waals surface area contributed by atoms with Crippen LogP contribution in [0, 0.1) is 6.92 Å². The van der Waals surface area contributed by atoms with Gasteiger partial charge in [0.15, 0.2) is 0 Å². The molecule has 0 heterocycles. The van der Waals surface area contributed by atoms with Crippen molar-refractivity contribution in [1.82, 2.24) is 5.43 Å². The Bertz CT molecular complexity index is 669. The first-order valence-electron chi connectivity index (χ1n) is 7.33. The Morgan fingerprint density at radius 1 is 1.22 bits per heavy atom. The highest BCUT2D eigenvalue weighted by molar-refractivity contribution is 7.99. The van der Waals surface area contributed by atoms with Gasteiger partial charge in [-0.2, -0.15) is 5.10 Å². The molecular weight excluding hydrogens is 308 g/mol. The molecule has 0 radical (unpaired) electrons. The minimum Gasteiger partial charge on any atom is -0.496 e. The molecule has 0 aliphatic rings. The van der Waals surface area contributed by atoms with Crippen LogP contribution in [0.15, 0.2) is 58.5 Å². The number of benzene rings is 2. The molecule has 0 aromatic heterocycles. The van der Waals surface area contributed by atoms with Crippen molar-refractivity contribution in [1.29, 1.82) is 0 Å². The number of hydrogen-bond donors (Lipinski definition) is 1. The number of carbonyl (C=O) groups is 1. The molecular formula is C18H20N2O2S. The molecule has 23 heavy (non-hydrogen) atoms. The van der Waals surface area contributed by atoms with E-state index in [0.29, 0.717) is 6.42 Å². The average Bonchev–Trinajstić information content (AvgIpc) is 2.57. The molecule has 120 valence electrons. The van der Waals surface area contributed by atoms with Gasteiger partial charge in [-0.15, -0.1) is 11.8 Å². The van der Waals surface area contributed by atoms with Crippen molar-refractivity contribution >= 4 is 23.9 Å². The Hall–Kier alpha value is -2.27. The minimum atomic E-state index is -0.101. The Labute approximate surface area is 140 Å². The normalized spacial score (nSPS) is 10.7. The van der Waals surface area contributed by atoms with Crippen LogP contribution in [0.1, 0.15) is 17.5 Å². The molecule has 0 aliphatic carbocycles. The summed E-state index contributed by atoms with van der Waals surface area (Å²) in [5.74, 6) is 1.34. The second-order valence-corrected chi connectivity index (χ2v) is 6.11. The van der Waals surface area contributed by atoms with E-state index in [0.717, 1.165) is 17.1 Å². The smallest absolute Gasteiger partial charge is 0.240 e. The van der Waals surface area contributed by atoms with E-state index in [-0.39, 0.29) is 5.91 Å². The van der Waals surface area contributed by atoms with E-state index in [4.69, 9.17) is 4.74 Å². The maximum Gasteiger partial charge on any atom is 0.240 e. The van der Waals surface area contributed by atoms with Crippen LogP contribution in [0.4, 0.5) is 0 Å². The van der Waals surface area contributed by atoms with Gasteiger partial charge in [0.05, 0.1) is 13.3 Å². The van der Waals surface area contributed by atoms with Gasteiger partial charge in [-0.3, -0.25) is 4.79 Å². The number of hydrazone groups is 1. The summed E-state index contributed by atoms with van der Waals surface area (Å²) >= 11 is 1.66. The highest BCUT2D eigenvalue weighted by Crippen LogP contribution is 2.19. The van der Waals surface area contributed by atoms with Crippen molar-refractivity contribution < 1.29 is 9.53 Å². The van der Waals surface area contributed by atoms with Gasteiger partial charge in [-0.05, 0) is 31.2 Å². The molecule has 5 heteroatoms. The van der Waals surface area contributed by atoms with Crippen molar-refractivity contribution in [2.24, 2.45) is 5.10 Å². The zero-order chi connectivity index (χ0) is 16.5. The molecule has 0 bridgehead atoms. The van der Waals surface area contributed by atoms with E-state index in [1.54, 1.807) is 25.1 Å². The summed E-state index contributed by atoms with van der Waals surface area (Å²) in [6, 6.07) is 15.8. The second kappa shape index (κ2) is 9.00. The van der Waals surface area contributed by atoms with Gasteiger partial charge in [0.2, 0.25) is 5.91 Å². The Balaban J connectivity index is 1.74. The predicted octanol–water partition coefficient (Wildman–Crippen LogP) is 3.64. The van der Waals surface area contributed by atoms with Crippen molar-refractivity contribution in [2.75, 3.05) is 12.9 Å². The Morgan fingerprint density at radius 2 is 1.96 bits per heavy atom. The summed E-state index contributed by atoms with van der Waals surface area (Å²) in [5.41, 5.74) is 4.60. The summed E-state index contributed by atoms with van der Waals surface area (Å²) in [5, 5.41) is 3.97. The fourth-order valence-electron chi connectivity index (χ4n) is 1.90. The number of rotatable bonds is 7. The maximum absolute atomic E-state index is 11.8. The molecule has 0 fully saturated rings. The van der Waals surface area contributed by atoms with Gasteiger partial charge >= 0.3 is 0 Å². The van der Waals surface area contributed by atoms with Crippen LogP contribution in [0.3, 0.4) is 0 Å². The molecule has 2 rings (SSSR count). The lowest BCUT2D eigenvalue weighted by Gasteiger charge is -2.03. The number of thioether (sulfide) groups is 1. The topological polar surface area (TPSA) is 50.7 Å². The van der Waals surface area contributed by atoms with Crippen LogP contribution in [0.5, 0.6) is 5.75 Å². The Morgan fingerprint density at radius 3 is 2.70 bits per heavy atom. The summed E-state index contributed by atoms with van der Waals surface area (Å²) in [4.78, 5) is 12.9. The lowest BCUT2D eigenvalue weighted by Crippen LogP contribution is -2.17. The molecule has 1 amide bonds. The SMILES string of the molecule is COc1ccccc1/C=N\NC(=O)CCSc1ccc(C)cc1. The number of para-hydroxylation sites is 1. The highest BCUT2D eigenvalue weighted by Gasteiger charge is 2.02. The molecule has 0 spiro atoms. The second-order valence-electron chi connectivity index (χ2n) is 4.95. The molecule has 1 N–H and O–H groups in total. The van der Waals surface area contributed by atoms with E-state index < -0.39 is 0 Å². The molecule has 2 aromatic rings. The standard InChI is InChI=1S/C18H20N2O2S/c1-14-7-9-16(10-8-14)23-12-11-18(21)20-19-13-15-5-3-4-6-17(15)22-2/h3-10,13H,11-12H2,1-2H3,(H,20,21)/b19-13-. The van der Waals surface area contributed by atoms with Gasteiger partial charge in [0, 0.05) is 22.6 Å². The van der Waals surface area contributed by atoms with Crippen LogP contribution in [0.2, 0.25) is 0 Å². The predicted molar refractivity (Wildman–Crippen MR) is 95.3 cm³/mol. The fraction of sp³-hybridized carbons (Fsp3) is 0.222. The zero-order valence-corrected chi connectivity index (χ0v) is 14.1. The number of aryl methyl sites for hydroxylation is 1. The third-order valence-electron chi connectivity index (χ3n) is 3.15. The summed E-state index contributed by atoms with van der Waals surface area (Å²) in [6.07, 6.45) is 2.01. The van der Waals surface area contributed by atoms with E-state index in [1.165, 1.54) is 10.5 Å². The number of ether oxygens (including phenoxy) is 1. The number of methoxy groups -OCH3 is 1. The molecule has 0 unspecified atom stereocenters. The van der Waals surface area contributed by atoms with Crippen molar-refractivity contribution in [3.63, 3.8) is 0 Å². The van der Waals surface area contributed by atoms with Crippen LogP contribution in [0.25, 0.3) is 0 Å². The van der Waals surface area contributed by atoms with Crippen LogP contribution in [-0.2, 0) is 4.79 Å². The van der Waals surface area contributed by atoms with E-state index >= 15 is 0 Å². The first kappa shape index (κ1) is 17.1. The van der Waals surface area contributed by atoms with Gasteiger partial charge in [-0.25, -0.2) is 5.43 Å². The number of hydrogen-bond acceptors (Lipinski definition) is 4. The summed E-state index contributed by atoms with van der Waals surface area (Å²) in [7, 11) is 1.60. The molecule has 4 nitrogen and oxygen atoms in total. The zero-order valence-electron chi connectivity index (χ0n) is 13.3. The lowest BCUT2D eigenvalue weighted by molar-refractivity contribution is -0.120. The first-order chi connectivity index (χ1) is 11.2. The quantitative estimate of drug-likeness (QED) is 0.480. The van der Waals surface area contributed by atoms with E-state index in [2.05, 4.69) is 41.7 Å². The number of amides is 1. The molecule has 0 aliphatic heterocycles. The fourth-order valence-corrected chi connectivity index (χ4v) is 2.75. The monoisotopic (exact) mass is 328 g/mol. The number of nitrogens with zero attached hydrogens (tertiary/aromatic N) is 1. The molecule has 0 atom stereocenters. The molecule has 2 aromatic carbocycles. The lowest BCUT2D eigenvalue weighted by atomic mass is 10.2. The third-order valence-corrected chi connectivity index (χ3v) is 4.16. The molecule has 0 saturated carbocycles.